The van der Waals surface area contributed by atoms with Crippen molar-refractivity contribution in [1.29, 1.82) is 0 Å². The van der Waals surface area contributed by atoms with Gasteiger partial charge in [-0.1, -0.05) is 46.3 Å². The lowest BCUT2D eigenvalue weighted by atomic mass is 10.1. The second kappa shape index (κ2) is 12.8. The Bertz CT molecular complexity index is 521. The number of aliphatic carboxylic acids is 1. The maximum atomic E-state index is 11.9. The molecule has 2 atom stereocenters. The molecule has 6 N–H and O–H groups in total. The summed E-state index contributed by atoms with van der Waals surface area (Å²) in [7, 11) is 3.90. The quantitative estimate of drug-likeness (QED) is 0.146. The zero-order valence-electron chi connectivity index (χ0n) is 14.2. The minimum Gasteiger partial charge on any atom is -0.479 e. The van der Waals surface area contributed by atoms with Crippen molar-refractivity contribution in [1.82, 2.24) is 5.32 Å². The van der Waals surface area contributed by atoms with E-state index in [9.17, 15) is 9.59 Å². The van der Waals surface area contributed by atoms with E-state index in [2.05, 4.69) is 22.2 Å². The van der Waals surface area contributed by atoms with Gasteiger partial charge in [0.2, 0.25) is 5.91 Å². The molecule has 0 radical (unpaired) electrons. The van der Waals surface area contributed by atoms with Gasteiger partial charge in [0.1, 0.15) is 0 Å². The van der Waals surface area contributed by atoms with Gasteiger partial charge in [-0.15, -0.1) is 0 Å². The number of rotatable bonds is 10. The summed E-state index contributed by atoms with van der Waals surface area (Å²) in [5.74, 6) is 4.95. The van der Waals surface area contributed by atoms with E-state index >= 15 is 0 Å². The third kappa shape index (κ3) is 10.8. The molecule has 0 aromatic carbocycles. The molecule has 0 aromatic rings. The minimum absolute atomic E-state index is 0.0323. The standard InChI is InChI=1S/C16H26N4O3S2/c17-16(18)19-10-5-4-7-13(15(22)23)20-14(21)8-3-1-2-6-12-9-11-24-25-12/h12-13H,1-3,5-6,8-11H2,(H,20,21)(H,22,23)(H4,17,18,19)/t12-,13+/m1/s1. The summed E-state index contributed by atoms with van der Waals surface area (Å²) < 4.78 is 0. The molecule has 0 spiro atoms. The van der Waals surface area contributed by atoms with Crippen LogP contribution in [0.2, 0.25) is 0 Å². The van der Waals surface area contributed by atoms with E-state index in [0.29, 0.717) is 19.4 Å². The van der Waals surface area contributed by atoms with Gasteiger partial charge in [0.25, 0.3) is 0 Å². The van der Waals surface area contributed by atoms with Gasteiger partial charge in [0.05, 0.1) is 6.54 Å². The minimum atomic E-state index is -1.20. The number of nitrogens with one attached hydrogen (secondary N) is 1. The van der Waals surface area contributed by atoms with Crippen LogP contribution in [-0.4, -0.2) is 46.5 Å². The molecule has 0 unspecified atom stereocenters. The number of nitrogens with zero attached hydrogens (tertiary/aromatic N) is 1. The topological polar surface area (TPSA) is 131 Å². The second-order valence-electron chi connectivity index (χ2n) is 5.64. The van der Waals surface area contributed by atoms with Gasteiger partial charge in [-0.3, -0.25) is 9.79 Å². The van der Waals surface area contributed by atoms with Crippen LogP contribution in [0.25, 0.3) is 0 Å². The Morgan fingerprint density at radius 2 is 2.12 bits per heavy atom. The van der Waals surface area contributed by atoms with Crippen molar-refractivity contribution in [3.05, 3.63) is 0 Å². The zero-order valence-corrected chi connectivity index (χ0v) is 15.8. The zero-order chi connectivity index (χ0) is 18.5. The Morgan fingerprint density at radius 3 is 2.76 bits per heavy atom. The molecule has 140 valence electrons. The Kier molecular flexibility index (Phi) is 11.0. The van der Waals surface area contributed by atoms with Crippen molar-refractivity contribution in [2.75, 3.05) is 12.3 Å². The van der Waals surface area contributed by atoms with Gasteiger partial charge in [-0.05, 0) is 19.3 Å². The number of unbranched alkanes of at least 4 members (excludes halogenated alkanes) is 2. The first-order chi connectivity index (χ1) is 12.0. The number of carbonyl (C=O) groups is 2. The van der Waals surface area contributed by atoms with Crippen LogP contribution in [0.15, 0.2) is 4.99 Å². The molecule has 0 bridgehead atoms. The molecule has 1 saturated heterocycles. The average Bonchev–Trinajstić information content (AvgIpc) is 3.06. The Hall–Kier alpha value is -1.53. The summed E-state index contributed by atoms with van der Waals surface area (Å²) in [6.07, 6.45) is 5.98. The first-order valence-corrected chi connectivity index (χ1v) is 10.7. The van der Waals surface area contributed by atoms with Crippen LogP contribution in [0.5, 0.6) is 0 Å². The number of guanidine groups is 1. The van der Waals surface area contributed by atoms with Gasteiger partial charge in [-0.2, -0.15) is 0 Å². The predicted molar refractivity (Wildman–Crippen MR) is 104 cm³/mol. The normalized spacial score (nSPS) is 17.2. The summed E-state index contributed by atoms with van der Waals surface area (Å²) in [5.41, 5.74) is 10.4. The molecular formula is C16H26N4O3S2. The van der Waals surface area contributed by atoms with E-state index in [0.717, 1.165) is 24.5 Å². The fourth-order valence-electron chi connectivity index (χ4n) is 2.21. The molecule has 1 fully saturated rings. The third-order valence-electron chi connectivity index (χ3n) is 3.49. The smallest absolute Gasteiger partial charge is 0.338 e. The first kappa shape index (κ1) is 21.5. The molecule has 0 saturated carbocycles. The van der Waals surface area contributed by atoms with Crippen LogP contribution < -0.4 is 16.8 Å². The molecule has 1 amide bonds. The highest BCUT2D eigenvalue weighted by Gasteiger charge is 2.17. The maximum absolute atomic E-state index is 11.9. The van der Waals surface area contributed by atoms with Crippen LogP contribution in [-0.2, 0) is 9.59 Å². The first-order valence-electron chi connectivity index (χ1n) is 8.33. The number of carbonyl (C=O) groups excluding carboxylic acids is 1. The SMILES string of the molecule is NC(N)=NCCC#C[C@H](NC(=O)CCCCC[C@@H]1CCSS1)C(=O)O. The number of amides is 1. The van der Waals surface area contributed by atoms with E-state index in [1.165, 1.54) is 18.6 Å². The second-order valence-corrected chi connectivity index (χ2v) is 8.43. The monoisotopic (exact) mass is 386 g/mol. The van der Waals surface area contributed by atoms with E-state index in [-0.39, 0.29) is 11.9 Å². The molecule has 0 aromatic heterocycles. The van der Waals surface area contributed by atoms with E-state index in [1.54, 1.807) is 0 Å². The molecule has 0 aliphatic carbocycles. The van der Waals surface area contributed by atoms with Gasteiger partial charge < -0.3 is 21.9 Å². The summed E-state index contributed by atoms with van der Waals surface area (Å²) >= 11 is 0. The predicted octanol–water partition coefficient (Wildman–Crippen LogP) is 1.33. The summed E-state index contributed by atoms with van der Waals surface area (Å²) in [6.45, 7) is 0.299. The van der Waals surface area contributed by atoms with Gasteiger partial charge in [0.15, 0.2) is 12.0 Å². The largest absolute Gasteiger partial charge is 0.479 e. The highest BCUT2D eigenvalue weighted by Crippen LogP contribution is 2.39. The molecular weight excluding hydrogens is 360 g/mol. The van der Waals surface area contributed by atoms with E-state index in [1.807, 2.05) is 21.6 Å². The molecule has 1 heterocycles. The van der Waals surface area contributed by atoms with E-state index in [4.69, 9.17) is 16.6 Å². The summed E-state index contributed by atoms with van der Waals surface area (Å²) in [6, 6.07) is -1.20. The maximum Gasteiger partial charge on any atom is 0.338 e. The number of carboxylic acid groups (broad SMARTS) is 1. The fraction of sp³-hybridized carbons (Fsp3) is 0.688. The van der Waals surface area contributed by atoms with Gasteiger partial charge in [0, 0.05) is 23.8 Å². The third-order valence-corrected chi connectivity index (χ3v) is 6.49. The van der Waals surface area contributed by atoms with Gasteiger partial charge in [-0.25, -0.2) is 4.79 Å². The number of hydrogen-bond acceptors (Lipinski definition) is 5. The van der Waals surface area contributed by atoms with Crippen molar-refractivity contribution < 1.29 is 14.7 Å². The highest BCUT2D eigenvalue weighted by molar-refractivity contribution is 8.77. The van der Waals surface area contributed by atoms with Crippen molar-refractivity contribution >= 4 is 39.4 Å². The van der Waals surface area contributed by atoms with Crippen molar-refractivity contribution in [3.63, 3.8) is 0 Å². The van der Waals surface area contributed by atoms with Crippen LogP contribution in [0.4, 0.5) is 0 Å². The number of hydrogen-bond donors (Lipinski definition) is 4. The van der Waals surface area contributed by atoms with Crippen molar-refractivity contribution in [2.24, 2.45) is 16.5 Å². The average molecular weight is 387 g/mol. The fourth-order valence-corrected chi connectivity index (χ4v) is 5.23. The summed E-state index contributed by atoms with van der Waals surface area (Å²) in [4.78, 5) is 26.7. The van der Waals surface area contributed by atoms with Crippen LogP contribution in [0, 0.1) is 11.8 Å². The lowest BCUT2D eigenvalue weighted by Crippen LogP contribution is -2.39. The molecule has 1 aliphatic rings. The lowest BCUT2D eigenvalue weighted by molar-refractivity contribution is -0.140. The number of carboxylic acids is 1. The highest BCUT2D eigenvalue weighted by atomic mass is 33.1. The Morgan fingerprint density at radius 1 is 1.32 bits per heavy atom. The van der Waals surface area contributed by atoms with Crippen molar-refractivity contribution in [3.8, 4) is 11.8 Å². The van der Waals surface area contributed by atoms with Crippen LogP contribution in [0.3, 0.4) is 0 Å². The summed E-state index contributed by atoms with van der Waals surface area (Å²) in [5, 5.41) is 12.3. The van der Waals surface area contributed by atoms with Crippen molar-refractivity contribution in [2.45, 2.75) is 56.2 Å². The molecule has 25 heavy (non-hydrogen) atoms. The molecule has 9 heteroatoms. The number of nitrogens with two attached hydrogens (primary N) is 2. The Balaban J connectivity index is 2.20. The molecule has 1 aliphatic heterocycles. The molecule has 1 rings (SSSR count). The lowest BCUT2D eigenvalue weighted by Gasteiger charge is -2.09. The molecule has 7 nitrogen and oxygen atoms in total. The van der Waals surface area contributed by atoms with Crippen LogP contribution in [0.1, 0.15) is 44.9 Å². The van der Waals surface area contributed by atoms with Gasteiger partial charge >= 0.3 is 5.97 Å². The van der Waals surface area contributed by atoms with E-state index < -0.39 is 12.0 Å². The Labute approximate surface area is 156 Å². The number of aliphatic imine (C=N–C) groups is 1. The van der Waals surface area contributed by atoms with Crippen LogP contribution >= 0.6 is 21.6 Å².